The lowest BCUT2D eigenvalue weighted by molar-refractivity contribution is 0.00578. The summed E-state index contributed by atoms with van der Waals surface area (Å²) in [6.45, 7) is 8.16. The van der Waals surface area contributed by atoms with Crippen LogP contribution in [0.25, 0.3) is 0 Å². The number of hydrogen-bond acceptors (Lipinski definition) is 3. The average molecular weight is 226 g/mol. The van der Waals surface area contributed by atoms with E-state index in [-0.39, 0.29) is 18.3 Å². The van der Waals surface area contributed by atoms with Crippen LogP contribution in [0, 0.1) is 0 Å². The lowest BCUT2D eigenvalue weighted by Gasteiger charge is -2.32. The van der Waals surface area contributed by atoms with Gasteiger partial charge in [0, 0.05) is 17.9 Å². The van der Waals surface area contributed by atoms with Crippen LogP contribution in [0.3, 0.4) is 0 Å². The highest BCUT2D eigenvalue weighted by Crippen LogP contribution is 2.36. The molecule has 0 aliphatic carbocycles. The van der Waals surface area contributed by atoms with Gasteiger partial charge in [0.15, 0.2) is 0 Å². The molecule has 1 unspecified atom stereocenters. The molecule has 0 saturated carbocycles. The van der Waals surface area contributed by atoms with Gasteiger partial charge in [-0.3, -0.25) is 4.45 Å². The Morgan fingerprint density at radius 1 is 1.27 bits per heavy atom. The lowest BCUT2D eigenvalue weighted by atomic mass is 9.82. The van der Waals surface area contributed by atoms with Crippen LogP contribution in [-0.4, -0.2) is 27.9 Å². The molecule has 1 fully saturated rings. The van der Waals surface area contributed by atoms with Gasteiger partial charge >= 0.3 is 7.12 Å². The van der Waals surface area contributed by atoms with Crippen molar-refractivity contribution in [2.24, 2.45) is 0 Å². The Balaban J connectivity index is 2.23. The molecule has 0 aromatic carbocycles. The number of aromatic nitrogens is 2. The number of hydrogen-bond donors (Lipinski definition) is 0. The molecular weight excluding hydrogens is 210 g/mol. The highest BCUT2D eigenvalue weighted by molar-refractivity contribution is 7.14. The summed E-state index contributed by atoms with van der Waals surface area (Å²) in [6.07, 6.45) is 3.64. The summed E-state index contributed by atoms with van der Waals surface area (Å²) in [5, 5.41) is 4.08. The Labute approximate surface area is 92.7 Å². The standard InChI is InChI=1S/C9H16BN2O2P/c1-8(2)9(3,4)14-10(13-8)7-5-11-12(15)6-7/h5-6H,15H2,1-4H3. The molecule has 1 aliphatic rings. The summed E-state index contributed by atoms with van der Waals surface area (Å²) in [5.41, 5.74) is 0.366. The molecule has 4 nitrogen and oxygen atoms in total. The molecule has 6 heteroatoms. The van der Waals surface area contributed by atoms with Crippen molar-refractivity contribution in [3.05, 3.63) is 12.4 Å². The fourth-order valence-electron chi connectivity index (χ4n) is 1.45. The third-order valence-electron chi connectivity index (χ3n) is 3.15. The first-order chi connectivity index (χ1) is 6.82. The molecule has 2 rings (SSSR count). The maximum absolute atomic E-state index is 5.88. The summed E-state index contributed by atoms with van der Waals surface area (Å²) in [7, 11) is 2.17. The minimum Gasteiger partial charge on any atom is -0.399 e. The van der Waals surface area contributed by atoms with E-state index < -0.39 is 0 Å². The van der Waals surface area contributed by atoms with Gasteiger partial charge in [0.25, 0.3) is 0 Å². The quantitative estimate of drug-likeness (QED) is 0.525. The van der Waals surface area contributed by atoms with Crippen molar-refractivity contribution >= 4 is 22.0 Å². The van der Waals surface area contributed by atoms with Crippen LogP contribution in [0.1, 0.15) is 27.7 Å². The Morgan fingerprint density at radius 3 is 2.20 bits per heavy atom. The summed E-state index contributed by atoms with van der Waals surface area (Å²) in [4.78, 5) is 0. The van der Waals surface area contributed by atoms with E-state index in [0.29, 0.717) is 0 Å². The molecule has 1 aromatic rings. The molecule has 1 saturated heterocycles. The van der Waals surface area contributed by atoms with Crippen LogP contribution in [0.15, 0.2) is 12.4 Å². The van der Waals surface area contributed by atoms with Crippen molar-refractivity contribution in [2.45, 2.75) is 38.9 Å². The predicted octanol–water partition coefficient (Wildman–Crippen LogP) is 0.820. The smallest absolute Gasteiger partial charge is 0.399 e. The first kappa shape index (κ1) is 11.1. The van der Waals surface area contributed by atoms with Crippen molar-refractivity contribution < 1.29 is 9.31 Å². The molecule has 0 amide bonds. The van der Waals surface area contributed by atoms with Gasteiger partial charge in [-0.25, -0.2) is 0 Å². The Bertz CT molecular complexity index is 362. The molecule has 1 aromatic heterocycles. The molecule has 2 heterocycles. The molecule has 0 spiro atoms. The summed E-state index contributed by atoms with van der Waals surface area (Å²) < 4.78 is 13.4. The van der Waals surface area contributed by atoms with Crippen LogP contribution in [-0.2, 0) is 9.31 Å². The first-order valence-corrected chi connectivity index (χ1v) is 5.49. The van der Waals surface area contributed by atoms with E-state index in [9.17, 15) is 0 Å². The number of nitrogens with zero attached hydrogens (tertiary/aromatic N) is 2. The lowest BCUT2D eigenvalue weighted by Crippen LogP contribution is -2.41. The van der Waals surface area contributed by atoms with Crippen molar-refractivity contribution in [2.75, 3.05) is 0 Å². The maximum atomic E-state index is 5.88. The zero-order valence-corrected chi connectivity index (χ0v) is 10.7. The van der Waals surface area contributed by atoms with Gasteiger partial charge in [0.05, 0.1) is 11.2 Å². The second-order valence-electron chi connectivity index (χ2n) is 4.84. The fraction of sp³-hybridized carbons (Fsp3) is 0.667. The Hall–Kier alpha value is -0.375. The molecule has 0 radical (unpaired) electrons. The number of rotatable bonds is 1. The van der Waals surface area contributed by atoms with Crippen LogP contribution < -0.4 is 5.46 Å². The minimum atomic E-state index is -0.315. The third-order valence-corrected chi connectivity index (χ3v) is 3.43. The zero-order chi connectivity index (χ0) is 11.3. The largest absolute Gasteiger partial charge is 0.498 e. The van der Waals surface area contributed by atoms with Gasteiger partial charge in [-0.1, -0.05) is 0 Å². The Kier molecular flexibility index (Phi) is 2.45. The summed E-state index contributed by atoms with van der Waals surface area (Å²) in [5.74, 6) is 0. The van der Waals surface area contributed by atoms with E-state index in [1.54, 1.807) is 10.6 Å². The van der Waals surface area contributed by atoms with E-state index in [0.717, 1.165) is 5.46 Å². The van der Waals surface area contributed by atoms with Crippen LogP contribution in [0.4, 0.5) is 0 Å². The van der Waals surface area contributed by atoms with E-state index in [4.69, 9.17) is 9.31 Å². The first-order valence-electron chi connectivity index (χ1n) is 4.97. The predicted molar refractivity (Wildman–Crippen MR) is 63.1 cm³/mol. The van der Waals surface area contributed by atoms with E-state index in [1.807, 2.05) is 33.9 Å². The Morgan fingerprint density at radius 2 is 1.80 bits per heavy atom. The van der Waals surface area contributed by atoms with Crippen molar-refractivity contribution in [1.29, 1.82) is 0 Å². The summed E-state index contributed by atoms with van der Waals surface area (Å²) >= 11 is 0. The van der Waals surface area contributed by atoms with Crippen molar-refractivity contribution in [1.82, 2.24) is 9.55 Å². The minimum absolute atomic E-state index is 0.291. The zero-order valence-electron chi connectivity index (χ0n) is 9.52. The normalized spacial score (nSPS) is 23.4. The highest BCUT2D eigenvalue weighted by atomic mass is 31.0. The van der Waals surface area contributed by atoms with Gasteiger partial charge in [0.1, 0.15) is 0 Å². The van der Waals surface area contributed by atoms with E-state index in [1.165, 1.54) is 0 Å². The maximum Gasteiger partial charge on any atom is 0.498 e. The molecule has 82 valence electrons. The average Bonchev–Trinajstić information content (AvgIpc) is 2.56. The van der Waals surface area contributed by atoms with Gasteiger partial charge in [-0.2, -0.15) is 5.10 Å². The van der Waals surface area contributed by atoms with Crippen molar-refractivity contribution in [3.63, 3.8) is 0 Å². The fourth-order valence-corrected chi connectivity index (χ4v) is 1.69. The van der Waals surface area contributed by atoms with Crippen molar-refractivity contribution in [3.8, 4) is 0 Å². The van der Waals surface area contributed by atoms with E-state index in [2.05, 4.69) is 14.5 Å². The molecular formula is C9H16BN2O2P. The highest BCUT2D eigenvalue weighted by Gasteiger charge is 2.52. The van der Waals surface area contributed by atoms with Gasteiger partial charge in [-0.05, 0) is 37.1 Å². The van der Waals surface area contributed by atoms with Crippen LogP contribution >= 0.6 is 9.39 Å². The topological polar surface area (TPSA) is 36.3 Å². The van der Waals surface area contributed by atoms with Crippen LogP contribution in [0.5, 0.6) is 0 Å². The molecule has 0 N–H and O–H groups in total. The molecule has 15 heavy (non-hydrogen) atoms. The third kappa shape index (κ3) is 1.84. The molecule has 0 bridgehead atoms. The molecule has 1 aliphatic heterocycles. The SMILES string of the molecule is CC1(C)OB(c2cnn(P)c2)OC1(C)C. The van der Waals surface area contributed by atoms with Gasteiger partial charge < -0.3 is 9.31 Å². The monoisotopic (exact) mass is 226 g/mol. The summed E-state index contributed by atoms with van der Waals surface area (Å²) in [6, 6.07) is 0. The second-order valence-corrected chi connectivity index (χ2v) is 5.37. The van der Waals surface area contributed by atoms with Gasteiger partial charge in [0.2, 0.25) is 0 Å². The van der Waals surface area contributed by atoms with E-state index >= 15 is 0 Å². The molecule has 1 atom stereocenters. The second kappa shape index (κ2) is 3.31. The van der Waals surface area contributed by atoms with Crippen LogP contribution in [0.2, 0.25) is 0 Å². The van der Waals surface area contributed by atoms with Gasteiger partial charge in [-0.15, -0.1) is 0 Å².